The Morgan fingerprint density at radius 2 is 2.18 bits per heavy atom. The van der Waals surface area contributed by atoms with Crippen LogP contribution in [0.25, 0.3) is 9.75 Å². The molecule has 0 spiro atoms. The molecule has 0 aromatic carbocycles. The van der Waals surface area contributed by atoms with Gasteiger partial charge in [0.2, 0.25) is 0 Å². The lowest BCUT2D eigenvalue weighted by molar-refractivity contribution is 0.0595. The largest absolute Gasteiger partial charge is 0.464 e. The van der Waals surface area contributed by atoms with Gasteiger partial charge in [0.15, 0.2) is 9.61 Å². The highest BCUT2D eigenvalue weighted by molar-refractivity contribution is 9.11. The van der Waals surface area contributed by atoms with Gasteiger partial charge in [-0.3, -0.25) is 0 Å². The minimum Gasteiger partial charge on any atom is -0.464 e. The molecule has 2 heterocycles. The van der Waals surface area contributed by atoms with Gasteiger partial charge in [0, 0.05) is 9.35 Å². The van der Waals surface area contributed by atoms with Crippen molar-refractivity contribution in [2.75, 3.05) is 7.11 Å². The molecular weight excluding hydrogens is 413 g/mol. The summed E-state index contributed by atoms with van der Waals surface area (Å²) in [5.41, 5.74) is 0.301. The number of esters is 1. The molecule has 90 valence electrons. The molecule has 0 atom stereocenters. The molecule has 17 heavy (non-hydrogen) atoms. The molecule has 0 aliphatic heterocycles. The molecule has 2 rings (SSSR count). The second-order valence-corrected chi connectivity index (χ2v) is 7.65. The summed E-state index contributed by atoms with van der Waals surface area (Å²) in [6, 6.07) is 1.86. The van der Waals surface area contributed by atoms with E-state index in [0.717, 1.165) is 14.2 Å². The van der Waals surface area contributed by atoms with Gasteiger partial charge >= 0.3 is 5.97 Å². The summed E-state index contributed by atoms with van der Waals surface area (Å²) in [5, 5.41) is 0. The summed E-state index contributed by atoms with van der Waals surface area (Å²) in [4.78, 5) is 17.3. The smallest absolute Gasteiger partial charge is 0.358 e. The zero-order valence-corrected chi connectivity index (χ0v) is 13.9. The summed E-state index contributed by atoms with van der Waals surface area (Å²) in [5.74, 6) is -0.456. The molecule has 3 nitrogen and oxygen atoms in total. The van der Waals surface area contributed by atoms with Gasteiger partial charge in [0.1, 0.15) is 4.34 Å². The Hall–Kier alpha value is 0.0500. The van der Waals surface area contributed by atoms with Crippen molar-refractivity contribution < 1.29 is 9.53 Å². The average Bonchev–Trinajstić information content (AvgIpc) is 2.82. The van der Waals surface area contributed by atoms with Gasteiger partial charge in [-0.1, -0.05) is 11.6 Å². The molecule has 0 bridgehead atoms. The van der Waals surface area contributed by atoms with Crippen molar-refractivity contribution in [1.82, 2.24) is 4.98 Å². The molecule has 0 radical (unpaired) electrons. The van der Waals surface area contributed by atoms with E-state index in [1.165, 1.54) is 29.8 Å². The third-order valence-corrected chi connectivity index (χ3v) is 6.01. The number of ether oxygens (including phenoxy) is 1. The third kappa shape index (κ3) is 2.73. The van der Waals surface area contributed by atoms with Crippen LogP contribution in [0.15, 0.2) is 14.5 Å². The van der Waals surface area contributed by atoms with Gasteiger partial charge in [0.25, 0.3) is 0 Å². The third-order valence-electron chi connectivity index (χ3n) is 1.85. The Labute approximate surface area is 127 Å². The summed E-state index contributed by atoms with van der Waals surface area (Å²) < 4.78 is 6.77. The second kappa shape index (κ2) is 5.36. The van der Waals surface area contributed by atoms with Gasteiger partial charge in [-0.25, -0.2) is 9.78 Å². The topological polar surface area (TPSA) is 39.2 Å². The van der Waals surface area contributed by atoms with Crippen LogP contribution in [0.4, 0.5) is 0 Å². The minimum atomic E-state index is -0.456. The predicted molar refractivity (Wildman–Crippen MR) is 77.2 cm³/mol. The lowest BCUT2D eigenvalue weighted by Gasteiger charge is -1.96. The molecule has 0 saturated carbocycles. The van der Waals surface area contributed by atoms with Crippen LogP contribution in [0.1, 0.15) is 10.5 Å². The molecule has 0 unspecified atom stereocenters. The molecule has 0 aliphatic carbocycles. The lowest BCUT2D eigenvalue weighted by Crippen LogP contribution is -2.02. The number of nitrogens with zero attached hydrogens (tertiary/aromatic N) is 1. The number of carbonyl (C=O) groups excluding carboxylic acids is 1. The normalized spacial score (nSPS) is 10.6. The Morgan fingerprint density at radius 3 is 2.71 bits per heavy atom. The maximum absolute atomic E-state index is 11.6. The summed E-state index contributed by atoms with van der Waals surface area (Å²) in [6.07, 6.45) is 0. The molecule has 0 N–H and O–H groups in total. The van der Waals surface area contributed by atoms with Gasteiger partial charge in [-0.2, -0.15) is 0 Å². The number of halogens is 3. The van der Waals surface area contributed by atoms with E-state index in [4.69, 9.17) is 16.3 Å². The van der Waals surface area contributed by atoms with Crippen LogP contribution in [0, 0.1) is 0 Å². The predicted octanol–water partition coefficient (Wildman–Crippen LogP) is 4.84. The summed E-state index contributed by atoms with van der Waals surface area (Å²) >= 11 is 15.3. The Kier molecular flexibility index (Phi) is 4.25. The number of hydrogen-bond acceptors (Lipinski definition) is 5. The fraction of sp³-hybridized carbons (Fsp3) is 0.111. The van der Waals surface area contributed by atoms with E-state index < -0.39 is 5.97 Å². The van der Waals surface area contributed by atoms with Crippen LogP contribution in [0.5, 0.6) is 0 Å². The van der Waals surface area contributed by atoms with Crippen molar-refractivity contribution in [3.8, 4) is 9.75 Å². The zero-order chi connectivity index (χ0) is 12.6. The first-order valence-corrected chi connectivity index (χ1v) is 7.82. The van der Waals surface area contributed by atoms with Crippen molar-refractivity contribution in [2.45, 2.75) is 0 Å². The zero-order valence-electron chi connectivity index (χ0n) is 8.29. The number of thiophene rings is 1. The molecule has 0 fully saturated rings. The number of rotatable bonds is 2. The fourth-order valence-corrected chi connectivity index (χ4v) is 4.40. The second-order valence-electron chi connectivity index (χ2n) is 2.87. The Balaban J connectivity index is 2.55. The van der Waals surface area contributed by atoms with Crippen LogP contribution in [-0.2, 0) is 4.74 Å². The SMILES string of the molecule is COC(=O)c1nc(Br)sc1-c1cc(Br)c(Cl)s1. The van der Waals surface area contributed by atoms with Gasteiger partial charge in [0.05, 0.1) is 12.0 Å². The monoisotopic (exact) mass is 415 g/mol. The first-order chi connectivity index (χ1) is 8.02. The molecular formula is C9H4Br2ClNO2S2. The molecule has 0 saturated heterocycles. The van der Waals surface area contributed by atoms with E-state index in [9.17, 15) is 4.79 Å². The minimum absolute atomic E-state index is 0.301. The van der Waals surface area contributed by atoms with Crippen LogP contribution < -0.4 is 0 Å². The summed E-state index contributed by atoms with van der Waals surface area (Å²) in [6.45, 7) is 0. The molecule has 0 aliphatic rings. The van der Waals surface area contributed by atoms with E-state index in [1.54, 1.807) is 0 Å². The van der Waals surface area contributed by atoms with E-state index in [1.807, 2.05) is 6.07 Å². The quantitative estimate of drug-likeness (QED) is 0.657. The van der Waals surface area contributed by atoms with E-state index in [-0.39, 0.29) is 0 Å². The average molecular weight is 418 g/mol. The molecule has 0 amide bonds. The molecule has 8 heteroatoms. The fourth-order valence-electron chi connectivity index (χ4n) is 1.15. The molecule has 2 aromatic rings. The van der Waals surface area contributed by atoms with Crippen molar-refractivity contribution in [1.29, 1.82) is 0 Å². The summed E-state index contributed by atoms with van der Waals surface area (Å²) in [7, 11) is 1.33. The first-order valence-electron chi connectivity index (χ1n) is 4.22. The van der Waals surface area contributed by atoms with E-state index in [2.05, 4.69) is 36.8 Å². The van der Waals surface area contributed by atoms with Crippen molar-refractivity contribution in [2.24, 2.45) is 0 Å². The Morgan fingerprint density at radius 1 is 1.47 bits per heavy atom. The van der Waals surface area contributed by atoms with E-state index in [0.29, 0.717) is 13.9 Å². The van der Waals surface area contributed by atoms with Crippen molar-refractivity contribution in [3.05, 3.63) is 24.5 Å². The van der Waals surface area contributed by atoms with Gasteiger partial charge < -0.3 is 4.74 Å². The Bertz CT molecular complexity index is 562. The highest BCUT2D eigenvalue weighted by Crippen LogP contribution is 2.42. The lowest BCUT2D eigenvalue weighted by atomic mass is 10.3. The highest BCUT2D eigenvalue weighted by atomic mass is 79.9. The maximum atomic E-state index is 11.6. The van der Waals surface area contributed by atoms with Gasteiger partial charge in [-0.05, 0) is 37.9 Å². The number of hydrogen-bond donors (Lipinski definition) is 0. The van der Waals surface area contributed by atoms with Crippen LogP contribution in [-0.4, -0.2) is 18.1 Å². The van der Waals surface area contributed by atoms with Crippen molar-refractivity contribution in [3.63, 3.8) is 0 Å². The van der Waals surface area contributed by atoms with Crippen LogP contribution in [0.3, 0.4) is 0 Å². The molecule has 2 aromatic heterocycles. The number of thiazole rings is 1. The number of carbonyl (C=O) groups is 1. The van der Waals surface area contributed by atoms with E-state index >= 15 is 0 Å². The van der Waals surface area contributed by atoms with Crippen LogP contribution in [0.2, 0.25) is 4.34 Å². The standard InChI is InChI=1S/C9H4Br2ClNO2S2/c1-15-8(14)5-6(17-9(11)13-5)4-2-3(10)7(12)16-4/h2H,1H3. The highest BCUT2D eigenvalue weighted by Gasteiger charge is 2.21. The first kappa shape index (κ1) is 13.5. The van der Waals surface area contributed by atoms with Crippen LogP contribution >= 0.6 is 66.1 Å². The number of methoxy groups -OCH3 is 1. The maximum Gasteiger partial charge on any atom is 0.358 e. The van der Waals surface area contributed by atoms with Gasteiger partial charge in [-0.15, -0.1) is 22.7 Å². The van der Waals surface area contributed by atoms with Crippen molar-refractivity contribution >= 4 is 72.1 Å². The number of aromatic nitrogens is 1.